The van der Waals surface area contributed by atoms with Crippen LogP contribution in [0.5, 0.6) is 0 Å². The van der Waals surface area contributed by atoms with Crippen molar-refractivity contribution < 1.29 is 0 Å². The fraction of sp³-hybridized carbons (Fsp3) is 0.250. The maximum Gasteiger partial charge on any atom is 0.147 e. The van der Waals surface area contributed by atoms with E-state index in [2.05, 4.69) is 4.98 Å². The van der Waals surface area contributed by atoms with Crippen molar-refractivity contribution in [2.24, 2.45) is 0 Å². The number of aromatic nitrogens is 1. The first kappa shape index (κ1) is 7.74. The molecule has 9 heavy (non-hydrogen) atoms. The molecule has 5 heteroatoms. The molecule has 0 radical (unpaired) electrons. The first-order valence-electron chi connectivity index (χ1n) is 2.24. The normalized spacial score (nSPS) is 10.7. The van der Waals surface area contributed by atoms with Gasteiger partial charge in [-0.1, -0.05) is 22.5 Å². The standard InChI is InChI=1S/C4H4Cl2NPS/c1-3-2-9-4(7-3)8(5)6/h2H,1H3. The van der Waals surface area contributed by atoms with Gasteiger partial charge in [0.05, 0.1) is 0 Å². The highest BCUT2D eigenvalue weighted by Gasteiger charge is 2.06. The largest absolute Gasteiger partial charge is 0.239 e. The summed E-state index contributed by atoms with van der Waals surface area (Å²) in [6.45, 7) is 0.900. The summed E-state index contributed by atoms with van der Waals surface area (Å²) >= 11 is 12.7. The van der Waals surface area contributed by atoms with Gasteiger partial charge in [0.15, 0.2) is 0 Å². The lowest BCUT2D eigenvalue weighted by molar-refractivity contribution is 1.30. The van der Waals surface area contributed by atoms with Gasteiger partial charge in [-0.3, -0.25) is 0 Å². The lowest BCUT2D eigenvalue weighted by Gasteiger charge is -1.88. The van der Waals surface area contributed by atoms with Gasteiger partial charge < -0.3 is 0 Å². The number of hydrogen-bond acceptors (Lipinski definition) is 2. The molecule has 1 rings (SSSR count). The summed E-state index contributed by atoms with van der Waals surface area (Å²) in [5.41, 5.74) is 0.990. The van der Waals surface area contributed by atoms with Crippen molar-refractivity contribution in [1.82, 2.24) is 4.98 Å². The predicted molar refractivity (Wildman–Crippen MR) is 45.1 cm³/mol. The second kappa shape index (κ2) is 3.16. The van der Waals surface area contributed by atoms with Crippen LogP contribution < -0.4 is 4.75 Å². The van der Waals surface area contributed by atoms with E-state index in [1.807, 2.05) is 12.3 Å². The molecule has 0 spiro atoms. The van der Waals surface area contributed by atoms with E-state index in [9.17, 15) is 0 Å². The highest BCUT2D eigenvalue weighted by atomic mass is 35.9. The average molecular weight is 200 g/mol. The van der Waals surface area contributed by atoms with Crippen LogP contribution in [0.2, 0.25) is 0 Å². The Balaban J connectivity index is 2.85. The molecular weight excluding hydrogens is 196 g/mol. The van der Waals surface area contributed by atoms with Crippen LogP contribution in [-0.4, -0.2) is 4.98 Å². The third-order valence-electron chi connectivity index (χ3n) is 0.751. The van der Waals surface area contributed by atoms with Crippen molar-refractivity contribution in [3.63, 3.8) is 0 Å². The molecule has 0 saturated carbocycles. The van der Waals surface area contributed by atoms with Crippen LogP contribution in [0, 0.1) is 6.92 Å². The summed E-state index contributed by atoms with van der Waals surface area (Å²) in [6, 6.07) is 0. The summed E-state index contributed by atoms with van der Waals surface area (Å²) in [6.07, 6.45) is 0. The minimum absolute atomic E-state index is 0.839. The van der Waals surface area contributed by atoms with Gasteiger partial charge in [0.2, 0.25) is 0 Å². The van der Waals surface area contributed by atoms with Crippen molar-refractivity contribution in [3.8, 4) is 0 Å². The third-order valence-corrected chi connectivity index (χ3v) is 4.33. The van der Waals surface area contributed by atoms with Crippen molar-refractivity contribution in [2.45, 2.75) is 6.92 Å². The van der Waals surface area contributed by atoms with Crippen molar-refractivity contribution in [3.05, 3.63) is 11.1 Å². The molecule has 0 saturated heterocycles. The van der Waals surface area contributed by atoms with Crippen LogP contribution in [0.15, 0.2) is 5.38 Å². The zero-order valence-electron chi connectivity index (χ0n) is 4.64. The first-order valence-corrected chi connectivity index (χ1v) is 6.27. The molecule has 0 unspecified atom stereocenters. The summed E-state index contributed by atoms with van der Waals surface area (Å²) in [7, 11) is 0. The van der Waals surface area contributed by atoms with Crippen molar-refractivity contribution in [2.75, 3.05) is 0 Å². The minimum Gasteiger partial charge on any atom is -0.239 e. The Kier molecular flexibility index (Phi) is 2.72. The second-order valence-electron chi connectivity index (χ2n) is 1.50. The topological polar surface area (TPSA) is 12.9 Å². The fourth-order valence-corrected chi connectivity index (χ4v) is 2.60. The zero-order chi connectivity index (χ0) is 6.85. The van der Waals surface area contributed by atoms with E-state index < -0.39 is 6.63 Å². The molecule has 0 fully saturated rings. The number of halogens is 2. The smallest absolute Gasteiger partial charge is 0.147 e. The molecule has 0 N–H and O–H groups in total. The number of aryl methyl sites for hydroxylation is 1. The number of rotatable bonds is 1. The van der Waals surface area contributed by atoms with Crippen LogP contribution in [0.4, 0.5) is 0 Å². The quantitative estimate of drug-likeness (QED) is 0.635. The lowest BCUT2D eigenvalue weighted by Crippen LogP contribution is -1.90. The molecule has 0 aliphatic rings. The number of thiazole rings is 1. The predicted octanol–water partition coefficient (Wildman–Crippen LogP) is 2.87. The van der Waals surface area contributed by atoms with Gasteiger partial charge in [-0.15, -0.1) is 11.3 Å². The van der Waals surface area contributed by atoms with E-state index in [-0.39, 0.29) is 0 Å². The van der Waals surface area contributed by atoms with E-state index in [0.29, 0.717) is 0 Å². The Morgan fingerprint density at radius 3 is 2.56 bits per heavy atom. The van der Waals surface area contributed by atoms with Crippen LogP contribution in [-0.2, 0) is 0 Å². The van der Waals surface area contributed by atoms with E-state index in [1.165, 1.54) is 11.3 Å². The average Bonchev–Trinajstić information content (AvgIpc) is 2.14. The van der Waals surface area contributed by atoms with Gasteiger partial charge in [-0.2, -0.15) is 0 Å². The lowest BCUT2D eigenvalue weighted by atomic mass is 10.6. The highest BCUT2D eigenvalue weighted by Crippen LogP contribution is 2.45. The molecule has 1 nitrogen and oxygen atoms in total. The monoisotopic (exact) mass is 199 g/mol. The van der Waals surface area contributed by atoms with Gasteiger partial charge in [-0.25, -0.2) is 4.98 Å². The number of nitrogens with zero attached hydrogens (tertiary/aromatic N) is 1. The summed E-state index contributed by atoms with van der Waals surface area (Å²) in [5.74, 6) is 0. The zero-order valence-corrected chi connectivity index (χ0v) is 7.86. The maximum atomic E-state index is 5.59. The molecule has 0 aromatic carbocycles. The molecule has 0 aliphatic carbocycles. The number of hydrogen-bond donors (Lipinski definition) is 0. The Morgan fingerprint density at radius 1 is 1.67 bits per heavy atom. The molecule has 50 valence electrons. The van der Waals surface area contributed by atoms with E-state index in [1.54, 1.807) is 0 Å². The van der Waals surface area contributed by atoms with Gasteiger partial charge in [0.25, 0.3) is 0 Å². The van der Waals surface area contributed by atoms with Crippen LogP contribution in [0.1, 0.15) is 5.69 Å². The summed E-state index contributed by atoms with van der Waals surface area (Å²) < 4.78 is 0.839. The van der Waals surface area contributed by atoms with Crippen LogP contribution in [0.3, 0.4) is 0 Å². The minimum atomic E-state index is -1.02. The molecule has 0 amide bonds. The second-order valence-corrected chi connectivity index (χ2v) is 6.10. The van der Waals surface area contributed by atoms with Gasteiger partial charge in [0.1, 0.15) is 11.4 Å². The van der Waals surface area contributed by atoms with Crippen molar-refractivity contribution >= 4 is 45.2 Å². The third kappa shape index (κ3) is 2.05. The maximum absolute atomic E-state index is 5.59. The fourth-order valence-electron chi connectivity index (χ4n) is 0.419. The van der Waals surface area contributed by atoms with Gasteiger partial charge >= 0.3 is 0 Å². The molecule has 0 atom stereocenters. The summed E-state index contributed by atoms with van der Waals surface area (Å²) in [5, 5.41) is 1.94. The van der Waals surface area contributed by atoms with E-state index >= 15 is 0 Å². The molecule has 1 heterocycles. The Labute approximate surface area is 68.3 Å². The highest BCUT2D eigenvalue weighted by molar-refractivity contribution is 8.10. The SMILES string of the molecule is Cc1csc(P(Cl)Cl)n1. The van der Waals surface area contributed by atoms with Crippen LogP contribution >= 0.6 is 40.4 Å². The molecule has 1 aromatic heterocycles. The first-order chi connectivity index (χ1) is 4.20. The molecule has 0 aliphatic heterocycles. The molecule has 1 aromatic rings. The van der Waals surface area contributed by atoms with Crippen molar-refractivity contribution in [1.29, 1.82) is 0 Å². The van der Waals surface area contributed by atoms with Gasteiger partial charge in [0, 0.05) is 11.1 Å². The van der Waals surface area contributed by atoms with Gasteiger partial charge in [-0.05, 0) is 6.92 Å². The van der Waals surface area contributed by atoms with Crippen LogP contribution in [0.25, 0.3) is 0 Å². The molecule has 0 bridgehead atoms. The van der Waals surface area contributed by atoms with E-state index in [4.69, 9.17) is 22.5 Å². The van der Waals surface area contributed by atoms with E-state index in [0.717, 1.165) is 10.4 Å². The Hall–Kier alpha value is 0.640. The summed E-state index contributed by atoms with van der Waals surface area (Å²) in [4.78, 5) is 4.09. The Bertz CT molecular complexity index is 200. The Morgan fingerprint density at radius 2 is 2.33 bits per heavy atom. The molecular formula is C4H4Cl2NPS.